The predicted octanol–water partition coefficient (Wildman–Crippen LogP) is 2.88. The molecule has 21 heavy (non-hydrogen) atoms. The Morgan fingerprint density at radius 1 is 1.33 bits per heavy atom. The molecule has 0 saturated heterocycles. The van der Waals surface area contributed by atoms with Gasteiger partial charge >= 0.3 is 0 Å². The molecule has 6 nitrogen and oxygen atoms in total. The van der Waals surface area contributed by atoms with E-state index in [0.29, 0.717) is 17.4 Å². The number of fused-ring (bicyclic) bond motifs is 1. The summed E-state index contributed by atoms with van der Waals surface area (Å²) < 4.78 is 2.72. The summed E-state index contributed by atoms with van der Waals surface area (Å²) in [7, 11) is 1.83. The summed E-state index contributed by atoms with van der Waals surface area (Å²) in [5.74, 6) is 0.924. The lowest BCUT2D eigenvalue weighted by molar-refractivity contribution is 0.783. The molecule has 0 fully saturated rings. The largest absolute Gasteiger partial charge is 0.383 e. The van der Waals surface area contributed by atoms with E-state index in [1.165, 1.54) is 0 Å². The van der Waals surface area contributed by atoms with Crippen molar-refractivity contribution in [1.82, 2.24) is 19.7 Å². The van der Waals surface area contributed by atoms with Crippen molar-refractivity contribution in [3.8, 4) is 0 Å². The second kappa shape index (κ2) is 5.33. The van der Waals surface area contributed by atoms with Gasteiger partial charge in [-0.15, -0.1) is 0 Å². The molecule has 0 bridgehead atoms. The van der Waals surface area contributed by atoms with Crippen molar-refractivity contribution in [3.05, 3.63) is 40.5 Å². The Labute approximate surface area is 130 Å². The number of hydrogen-bond acceptors (Lipinski definition) is 5. The van der Waals surface area contributed by atoms with Gasteiger partial charge in [0.15, 0.2) is 5.65 Å². The summed E-state index contributed by atoms with van der Waals surface area (Å²) in [5, 5.41) is 8.18. The zero-order chi connectivity index (χ0) is 15.0. The average Bonchev–Trinajstić information content (AvgIpc) is 2.81. The van der Waals surface area contributed by atoms with E-state index in [0.717, 1.165) is 15.4 Å². The van der Waals surface area contributed by atoms with Gasteiger partial charge in [0.25, 0.3) is 0 Å². The molecule has 2 aromatic heterocycles. The van der Waals surface area contributed by atoms with Gasteiger partial charge in [0.05, 0.1) is 17.6 Å². The summed E-state index contributed by atoms with van der Waals surface area (Å²) in [5.41, 5.74) is 7.81. The highest BCUT2D eigenvalue weighted by atomic mass is 79.9. The highest BCUT2D eigenvalue weighted by Gasteiger charge is 2.12. The number of nitrogens with zero attached hydrogens (tertiary/aromatic N) is 4. The quantitative estimate of drug-likeness (QED) is 0.761. The molecule has 0 aliphatic carbocycles. The number of nitrogen functional groups attached to an aromatic ring is 1. The maximum absolute atomic E-state index is 5.96. The number of anilines is 2. The number of rotatable bonds is 3. The Hall–Kier alpha value is -2.15. The van der Waals surface area contributed by atoms with E-state index >= 15 is 0 Å². The molecule has 3 aromatic rings. The van der Waals surface area contributed by atoms with Crippen LogP contribution in [0.4, 0.5) is 11.8 Å². The SMILES string of the molecule is CC(Nc1nc(N)c2cnn(C)c2n1)c1cccc(Br)c1. The topological polar surface area (TPSA) is 81.6 Å². The van der Waals surface area contributed by atoms with Crippen molar-refractivity contribution in [2.75, 3.05) is 11.1 Å². The van der Waals surface area contributed by atoms with Crippen LogP contribution in [-0.4, -0.2) is 19.7 Å². The van der Waals surface area contributed by atoms with Crippen LogP contribution < -0.4 is 11.1 Å². The number of hydrogen-bond donors (Lipinski definition) is 2. The predicted molar refractivity (Wildman–Crippen MR) is 86.9 cm³/mol. The Morgan fingerprint density at radius 2 is 2.14 bits per heavy atom. The maximum atomic E-state index is 5.96. The minimum absolute atomic E-state index is 0.0626. The lowest BCUT2D eigenvalue weighted by Gasteiger charge is -2.15. The summed E-state index contributed by atoms with van der Waals surface area (Å²) in [6, 6.07) is 8.16. The molecular weight excluding hydrogens is 332 g/mol. The van der Waals surface area contributed by atoms with Crippen molar-refractivity contribution in [2.45, 2.75) is 13.0 Å². The average molecular weight is 347 g/mol. The van der Waals surface area contributed by atoms with Gasteiger partial charge in [-0.05, 0) is 24.6 Å². The molecule has 1 aromatic carbocycles. The van der Waals surface area contributed by atoms with E-state index < -0.39 is 0 Å². The molecule has 0 amide bonds. The number of aryl methyl sites for hydroxylation is 1. The maximum Gasteiger partial charge on any atom is 0.227 e. The molecule has 0 aliphatic rings. The normalized spacial score (nSPS) is 12.5. The number of aromatic nitrogens is 4. The van der Waals surface area contributed by atoms with Crippen molar-refractivity contribution in [1.29, 1.82) is 0 Å². The summed E-state index contributed by atoms with van der Waals surface area (Å²) in [6.45, 7) is 2.05. The lowest BCUT2D eigenvalue weighted by Crippen LogP contribution is -2.11. The molecule has 1 unspecified atom stereocenters. The third-order valence-corrected chi connectivity index (χ3v) is 3.81. The van der Waals surface area contributed by atoms with Gasteiger partial charge in [-0.3, -0.25) is 4.68 Å². The lowest BCUT2D eigenvalue weighted by atomic mass is 10.1. The molecule has 0 radical (unpaired) electrons. The zero-order valence-electron chi connectivity index (χ0n) is 11.7. The number of halogens is 1. The van der Waals surface area contributed by atoms with Crippen molar-refractivity contribution in [2.24, 2.45) is 7.05 Å². The van der Waals surface area contributed by atoms with Crippen LogP contribution >= 0.6 is 15.9 Å². The standard InChI is InChI=1S/C14H15BrN6/c1-8(9-4-3-5-10(15)6-9)18-14-19-12(16)11-7-17-21(2)13(11)20-14/h3-8H,1-2H3,(H3,16,18,19,20). The van der Waals surface area contributed by atoms with Gasteiger partial charge in [-0.1, -0.05) is 28.1 Å². The fourth-order valence-corrected chi connectivity index (χ4v) is 2.58. The fourth-order valence-electron chi connectivity index (χ4n) is 2.16. The highest BCUT2D eigenvalue weighted by molar-refractivity contribution is 9.10. The first-order chi connectivity index (χ1) is 10.0. The first-order valence-electron chi connectivity index (χ1n) is 6.52. The van der Waals surface area contributed by atoms with Crippen molar-refractivity contribution >= 4 is 38.7 Å². The minimum atomic E-state index is 0.0626. The molecule has 0 aliphatic heterocycles. The Morgan fingerprint density at radius 3 is 2.90 bits per heavy atom. The number of benzene rings is 1. The van der Waals surface area contributed by atoms with Gasteiger partial charge < -0.3 is 11.1 Å². The molecule has 1 atom stereocenters. The molecule has 3 N–H and O–H groups in total. The molecule has 108 valence electrons. The van der Waals surface area contributed by atoms with Crippen LogP contribution in [0.3, 0.4) is 0 Å². The van der Waals surface area contributed by atoms with E-state index in [1.807, 2.05) is 25.2 Å². The minimum Gasteiger partial charge on any atom is -0.383 e. The van der Waals surface area contributed by atoms with E-state index in [-0.39, 0.29) is 6.04 Å². The van der Waals surface area contributed by atoms with E-state index in [2.05, 4.69) is 49.3 Å². The first-order valence-corrected chi connectivity index (χ1v) is 7.31. The molecule has 3 rings (SSSR count). The smallest absolute Gasteiger partial charge is 0.227 e. The summed E-state index contributed by atoms with van der Waals surface area (Å²) >= 11 is 3.47. The number of nitrogens with one attached hydrogen (secondary N) is 1. The van der Waals surface area contributed by atoms with E-state index in [4.69, 9.17) is 5.73 Å². The van der Waals surface area contributed by atoms with Crippen molar-refractivity contribution < 1.29 is 0 Å². The Balaban J connectivity index is 1.92. The molecule has 2 heterocycles. The summed E-state index contributed by atoms with van der Waals surface area (Å²) in [4.78, 5) is 8.76. The Kier molecular flexibility index (Phi) is 3.50. The van der Waals surface area contributed by atoms with Gasteiger partial charge in [-0.2, -0.15) is 15.1 Å². The van der Waals surface area contributed by atoms with Crippen LogP contribution in [0, 0.1) is 0 Å². The van der Waals surface area contributed by atoms with Gasteiger partial charge in [0, 0.05) is 11.5 Å². The zero-order valence-corrected chi connectivity index (χ0v) is 13.3. The second-order valence-electron chi connectivity index (χ2n) is 4.86. The molecule has 0 saturated carbocycles. The third-order valence-electron chi connectivity index (χ3n) is 3.32. The van der Waals surface area contributed by atoms with Crippen LogP contribution in [0.15, 0.2) is 34.9 Å². The monoisotopic (exact) mass is 346 g/mol. The molecular formula is C14H15BrN6. The van der Waals surface area contributed by atoms with Crippen LogP contribution in [0.2, 0.25) is 0 Å². The van der Waals surface area contributed by atoms with E-state index in [1.54, 1.807) is 10.9 Å². The first kappa shape index (κ1) is 13.8. The fraction of sp³-hybridized carbons (Fsp3) is 0.214. The van der Waals surface area contributed by atoms with Gasteiger partial charge in [0.2, 0.25) is 5.95 Å². The third kappa shape index (κ3) is 2.69. The molecule has 7 heteroatoms. The van der Waals surface area contributed by atoms with Crippen LogP contribution in [-0.2, 0) is 7.05 Å². The van der Waals surface area contributed by atoms with Crippen LogP contribution in [0.1, 0.15) is 18.5 Å². The van der Waals surface area contributed by atoms with Gasteiger partial charge in [-0.25, -0.2) is 0 Å². The van der Waals surface area contributed by atoms with Crippen molar-refractivity contribution in [3.63, 3.8) is 0 Å². The highest BCUT2D eigenvalue weighted by Crippen LogP contribution is 2.23. The number of nitrogens with two attached hydrogens (primary N) is 1. The molecule has 0 spiro atoms. The summed E-state index contributed by atoms with van der Waals surface area (Å²) in [6.07, 6.45) is 1.67. The second-order valence-corrected chi connectivity index (χ2v) is 5.77. The van der Waals surface area contributed by atoms with E-state index in [9.17, 15) is 0 Å². The van der Waals surface area contributed by atoms with Crippen LogP contribution in [0.5, 0.6) is 0 Å². The van der Waals surface area contributed by atoms with Gasteiger partial charge in [0.1, 0.15) is 5.82 Å². The Bertz CT molecular complexity index is 797. The van der Waals surface area contributed by atoms with Crippen LogP contribution in [0.25, 0.3) is 11.0 Å².